The van der Waals surface area contributed by atoms with Crippen LogP contribution in [0.15, 0.2) is 54.7 Å². The Kier molecular flexibility index (Phi) is 7.54. The summed E-state index contributed by atoms with van der Waals surface area (Å²) in [4.78, 5) is 14.8. The Labute approximate surface area is 205 Å². The van der Waals surface area contributed by atoms with E-state index < -0.39 is 0 Å². The number of aromatic amines is 1. The molecule has 0 atom stereocenters. The standard InChI is InChI=1S/C26H31N7O2/c1-5-15-32(25-23(26(34)35-6-2)17-33(29-25)18(3)4)16-19-11-13-20(14-12-19)21-9-7-8-10-22(21)24-27-30-31-28-24/h7-14,17-18H,5-6,15-16H2,1-4H3,(H,27,28,30,31). The Morgan fingerprint density at radius 1 is 1.09 bits per heavy atom. The first-order valence-electron chi connectivity index (χ1n) is 11.9. The van der Waals surface area contributed by atoms with Gasteiger partial charge in [0.2, 0.25) is 5.82 Å². The topological polar surface area (TPSA) is 102 Å². The summed E-state index contributed by atoms with van der Waals surface area (Å²) in [5.41, 5.74) is 4.63. The van der Waals surface area contributed by atoms with Crippen LogP contribution >= 0.6 is 0 Å². The number of anilines is 1. The van der Waals surface area contributed by atoms with Gasteiger partial charge in [-0.2, -0.15) is 10.3 Å². The van der Waals surface area contributed by atoms with Gasteiger partial charge in [-0.3, -0.25) is 4.68 Å². The largest absolute Gasteiger partial charge is 0.462 e. The van der Waals surface area contributed by atoms with Crippen LogP contribution < -0.4 is 4.90 Å². The van der Waals surface area contributed by atoms with E-state index in [0.29, 0.717) is 30.4 Å². The summed E-state index contributed by atoms with van der Waals surface area (Å²) in [6.07, 6.45) is 2.71. The van der Waals surface area contributed by atoms with E-state index in [1.807, 2.05) is 49.7 Å². The Morgan fingerprint density at radius 3 is 2.46 bits per heavy atom. The number of tetrazole rings is 1. The number of ether oxygens (including phenoxy) is 1. The van der Waals surface area contributed by atoms with Crippen molar-refractivity contribution >= 4 is 11.8 Å². The molecular weight excluding hydrogens is 442 g/mol. The first-order chi connectivity index (χ1) is 17.0. The molecule has 2 aromatic heterocycles. The fourth-order valence-corrected chi connectivity index (χ4v) is 3.98. The second-order valence-electron chi connectivity index (χ2n) is 8.56. The lowest BCUT2D eigenvalue weighted by molar-refractivity contribution is 0.0527. The van der Waals surface area contributed by atoms with E-state index in [0.717, 1.165) is 35.2 Å². The second-order valence-corrected chi connectivity index (χ2v) is 8.56. The Morgan fingerprint density at radius 2 is 1.83 bits per heavy atom. The van der Waals surface area contributed by atoms with Gasteiger partial charge in [-0.05, 0) is 49.1 Å². The van der Waals surface area contributed by atoms with Crippen molar-refractivity contribution in [3.05, 3.63) is 65.9 Å². The maximum atomic E-state index is 12.7. The fraction of sp³-hybridized carbons (Fsp3) is 0.346. The SMILES string of the molecule is CCCN(Cc1ccc(-c2ccccc2-c2nn[nH]n2)cc1)c1nn(C(C)C)cc1C(=O)OCC. The summed E-state index contributed by atoms with van der Waals surface area (Å²) in [6.45, 7) is 9.74. The Bertz CT molecular complexity index is 1250. The van der Waals surface area contributed by atoms with E-state index in [1.54, 1.807) is 6.20 Å². The third-order valence-electron chi connectivity index (χ3n) is 5.68. The number of carbonyl (C=O) groups is 1. The van der Waals surface area contributed by atoms with E-state index in [-0.39, 0.29) is 12.0 Å². The fourth-order valence-electron chi connectivity index (χ4n) is 3.98. The van der Waals surface area contributed by atoms with Gasteiger partial charge in [-0.25, -0.2) is 4.79 Å². The predicted octanol–water partition coefficient (Wildman–Crippen LogP) is 4.90. The molecule has 0 radical (unpaired) electrons. The number of carbonyl (C=O) groups excluding carboxylic acids is 1. The minimum absolute atomic E-state index is 0.138. The van der Waals surface area contributed by atoms with Crippen LogP contribution in [-0.4, -0.2) is 49.5 Å². The van der Waals surface area contributed by atoms with Crippen LogP contribution in [0.3, 0.4) is 0 Å². The Balaban J connectivity index is 1.62. The highest BCUT2D eigenvalue weighted by Gasteiger charge is 2.23. The molecule has 0 unspecified atom stereocenters. The van der Waals surface area contributed by atoms with Gasteiger partial charge in [0.1, 0.15) is 5.56 Å². The molecule has 9 heteroatoms. The molecule has 2 heterocycles. The maximum absolute atomic E-state index is 12.7. The molecule has 4 aromatic rings. The number of H-pyrrole nitrogens is 1. The smallest absolute Gasteiger partial charge is 0.343 e. The van der Waals surface area contributed by atoms with Crippen molar-refractivity contribution in [2.45, 2.75) is 46.7 Å². The molecule has 0 fully saturated rings. The zero-order valence-corrected chi connectivity index (χ0v) is 20.6. The normalized spacial score (nSPS) is 11.1. The van der Waals surface area contributed by atoms with Crippen molar-refractivity contribution in [3.63, 3.8) is 0 Å². The van der Waals surface area contributed by atoms with Gasteiger partial charge in [0, 0.05) is 30.9 Å². The molecule has 2 aromatic carbocycles. The van der Waals surface area contributed by atoms with Crippen LogP contribution in [0, 0.1) is 0 Å². The van der Waals surface area contributed by atoms with E-state index in [4.69, 9.17) is 9.84 Å². The van der Waals surface area contributed by atoms with Crippen LogP contribution in [0.25, 0.3) is 22.5 Å². The summed E-state index contributed by atoms with van der Waals surface area (Å²) < 4.78 is 7.13. The lowest BCUT2D eigenvalue weighted by atomic mass is 9.98. The van der Waals surface area contributed by atoms with Crippen LogP contribution in [0.4, 0.5) is 5.82 Å². The van der Waals surface area contributed by atoms with Gasteiger partial charge in [-0.15, -0.1) is 10.2 Å². The van der Waals surface area contributed by atoms with Crippen molar-refractivity contribution in [2.24, 2.45) is 0 Å². The summed E-state index contributed by atoms with van der Waals surface area (Å²) in [7, 11) is 0. The molecule has 0 bridgehead atoms. The van der Waals surface area contributed by atoms with Crippen molar-refractivity contribution in [3.8, 4) is 22.5 Å². The molecule has 1 N–H and O–H groups in total. The highest BCUT2D eigenvalue weighted by molar-refractivity contribution is 5.94. The predicted molar refractivity (Wildman–Crippen MR) is 135 cm³/mol. The molecule has 0 saturated carbocycles. The molecule has 0 saturated heterocycles. The summed E-state index contributed by atoms with van der Waals surface area (Å²) in [5.74, 6) is 0.875. The van der Waals surface area contributed by atoms with Crippen molar-refractivity contribution in [1.82, 2.24) is 30.4 Å². The van der Waals surface area contributed by atoms with Crippen molar-refractivity contribution < 1.29 is 9.53 Å². The number of nitrogens with one attached hydrogen (secondary N) is 1. The number of rotatable bonds is 10. The third-order valence-corrected chi connectivity index (χ3v) is 5.68. The molecule has 0 aliphatic carbocycles. The van der Waals surface area contributed by atoms with Gasteiger partial charge in [0.25, 0.3) is 0 Å². The monoisotopic (exact) mass is 473 g/mol. The first kappa shape index (κ1) is 24.1. The van der Waals surface area contributed by atoms with Crippen molar-refractivity contribution in [1.29, 1.82) is 0 Å². The zero-order chi connectivity index (χ0) is 24.8. The minimum Gasteiger partial charge on any atom is -0.462 e. The highest BCUT2D eigenvalue weighted by atomic mass is 16.5. The van der Waals surface area contributed by atoms with Crippen LogP contribution in [0.5, 0.6) is 0 Å². The number of hydrogen-bond donors (Lipinski definition) is 1. The molecule has 9 nitrogen and oxygen atoms in total. The second kappa shape index (κ2) is 10.9. The first-order valence-corrected chi connectivity index (χ1v) is 11.9. The average molecular weight is 474 g/mol. The maximum Gasteiger partial charge on any atom is 0.343 e. The Hall–Kier alpha value is -4.01. The summed E-state index contributed by atoms with van der Waals surface area (Å²) in [6, 6.07) is 16.5. The number of aromatic nitrogens is 6. The van der Waals surface area contributed by atoms with Crippen LogP contribution in [0.1, 0.15) is 56.1 Å². The number of benzene rings is 2. The van der Waals surface area contributed by atoms with E-state index >= 15 is 0 Å². The van der Waals surface area contributed by atoms with Gasteiger partial charge < -0.3 is 9.64 Å². The lowest BCUT2D eigenvalue weighted by Crippen LogP contribution is -2.26. The quantitative estimate of drug-likeness (QED) is 0.327. The van der Waals surface area contributed by atoms with Crippen LogP contribution in [-0.2, 0) is 11.3 Å². The zero-order valence-electron chi connectivity index (χ0n) is 20.6. The molecule has 0 amide bonds. The molecule has 182 valence electrons. The molecular formula is C26H31N7O2. The average Bonchev–Trinajstić information content (AvgIpc) is 3.55. The molecule has 0 spiro atoms. The molecule has 0 aliphatic rings. The van der Waals surface area contributed by atoms with Gasteiger partial charge in [0.05, 0.1) is 6.61 Å². The summed E-state index contributed by atoms with van der Waals surface area (Å²) in [5, 5.41) is 19.2. The highest BCUT2D eigenvalue weighted by Crippen LogP contribution is 2.30. The number of hydrogen-bond acceptors (Lipinski definition) is 7. The molecule has 4 rings (SSSR count). The molecule has 35 heavy (non-hydrogen) atoms. The lowest BCUT2D eigenvalue weighted by Gasteiger charge is -2.23. The van der Waals surface area contributed by atoms with Gasteiger partial charge >= 0.3 is 5.97 Å². The van der Waals surface area contributed by atoms with Crippen LogP contribution in [0.2, 0.25) is 0 Å². The minimum atomic E-state index is -0.344. The number of esters is 1. The van der Waals surface area contributed by atoms with Gasteiger partial charge in [0.15, 0.2) is 5.82 Å². The summed E-state index contributed by atoms with van der Waals surface area (Å²) >= 11 is 0. The van der Waals surface area contributed by atoms with Gasteiger partial charge in [-0.1, -0.05) is 55.5 Å². The van der Waals surface area contributed by atoms with Crippen molar-refractivity contribution in [2.75, 3.05) is 18.1 Å². The third kappa shape index (κ3) is 5.40. The van der Waals surface area contributed by atoms with E-state index in [1.165, 1.54) is 0 Å². The van der Waals surface area contributed by atoms with E-state index in [2.05, 4.69) is 56.7 Å². The number of nitrogens with zero attached hydrogens (tertiary/aromatic N) is 6. The van der Waals surface area contributed by atoms with E-state index in [9.17, 15) is 4.79 Å². The molecule has 0 aliphatic heterocycles.